The van der Waals surface area contributed by atoms with Gasteiger partial charge in [-0.05, 0) is 48.5 Å². The van der Waals surface area contributed by atoms with Crippen LogP contribution in [0.25, 0.3) is 22.5 Å². The quantitative estimate of drug-likeness (QED) is 0.497. The summed E-state index contributed by atoms with van der Waals surface area (Å²) in [5.41, 5.74) is 3.98. The first-order valence-corrected chi connectivity index (χ1v) is 8.72. The van der Waals surface area contributed by atoms with Crippen molar-refractivity contribution in [2.45, 2.75) is 0 Å². The van der Waals surface area contributed by atoms with Gasteiger partial charge in [-0.25, -0.2) is 19.2 Å². The molecule has 0 unspecified atom stereocenters. The molecule has 144 valence electrons. The number of anilines is 2. The summed E-state index contributed by atoms with van der Waals surface area (Å²) in [5.74, 6) is -0.376. The Morgan fingerprint density at radius 2 is 1.97 bits per heavy atom. The molecule has 0 bridgehead atoms. The van der Waals surface area contributed by atoms with Crippen molar-refractivity contribution in [1.82, 2.24) is 20.2 Å². The lowest BCUT2D eigenvalue weighted by molar-refractivity contribution is 0.0601. The van der Waals surface area contributed by atoms with E-state index in [1.165, 1.54) is 19.2 Å². The number of carbonyl (C=O) groups excluding carboxylic acids is 1. The van der Waals surface area contributed by atoms with Crippen LogP contribution in [-0.4, -0.2) is 33.2 Å². The highest BCUT2D eigenvalue weighted by molar-refractivity contribution is 5.90. The monoisotopic (exact) mass is 389 g/mol. The van der Waals surface area contributed by atoms with E-state index >= 15 is 0 Å². The molecule has 0 radical (unpaired) electrons. The van der Waals surface area contributed by atoms with Gasteiger partial charge in [0.15, 0.2) is 0 Å². The first kappa shape index (κ1) is 18.3. The molecular weight excluding hydrogens is 373 g/mol. The highest BCUT2D eigenvalue weighted by Gasteiger charge is 2.13. The van der Waals surface area contributed by atoms with Crippen LogP contribution in [0.2, 0.25) is 0 Å². The van der Waals surface area contributed by atoms with Crippen LogP contribution in [-0.2, 0) is 4.74 Å². The molecule has 0 aliphatic heterocycles. The Hall–Kier alpha value is -4.07. The fourth-order valence-electron chi connectivity index (χ4n) is 2.86. The van der Waals surface area contributed by atoms with Crippen molar-refractivity contribution in [2.75, 3.05) is 12.4 Å². The van der Waals surface area contributed by atoms with Gasteiger partial charge in [0.05, 0.1) is 30.3 Å². The Labute approximate surface area is 165 Å². The molecule has 0 saturated heterocycles. The van der Waals surface area contributed by atoms with E-state index in [9.17, 15) is 9.18 Å². The number of rotatable bonds is 5. The number of hydrogen-bond donors (Lipinski definition) is 2. The molecule has 4 aromatic rings. The van der Waals surface area contributed by atoms with E-state index in [1.807, 2.05) is 0 Å². The summed E-state index contributed by atoms with van der Waals surface area (Å²) >= 11 is 0. The minimum atomic E-state index is -0.425. The fourth-order valence-corrected chi connectivity index (χ4v) is 2.86. The molecular formula is C21H16FN5O2. The van der Waals surface area contributed by atoms with E-state index < -0.39 is 5.97 Å². The van der Waals surface area contributed by atoms with E-state index in [-0.39, 0.29) is 5.82 Å². The number of halogens is 1. The average Bonchev–Trinajstić information content (AvgIpc) is 3.24. The number of aromatic nitrogens is 4. The van der Waals surface area contributed by atoms with Gasteiger partial charge in [0.2, 0.25) is 5.95 Å². The molecule has 4 rings (SSSR count). The number of ether oxygens (including phenoxy) is 1. The zero-order valence-corrected chi connectivity index (χ0v) is 15.4. The number of aromatic amines is 1. The van der Waals surface area contributed by atoms with Crippen LogP contribution in [0.1, 0.15) is 10.4 Å². The first-order chi connectivity index (χ1) is 14.1. The molecule has 0 atom stereocenters. The minimum absolute atomic E-state index is 0.308. The SMILES string of the molecule is COC(=O)c1cccc(Nc2nccc(-c3cn[nH]c3-c3ccc(F)cc3)n2)c1. The number of methoxy groups -OCH3 is 1. The van der Waals surface area contributed by atoms with Gasteiger partial charge in [0, 0.05) is 23.0 Å². The van der Waals surface area contributed by atoms with Crippen molar-refractivity contribution in [2.24, 2.45) is 0 Å². The maximum absolute atomic E-state index is 13.2. The van der Waals surface area contributed by atoms with Crippen LogP contribution in [0.5, 0.6) is 0 Å². The third-order valence-electron chi connectivity index (χ3n) is 4.24. The summed E-state index contributed by atoms with van der Waals surface area (Å²) in [4.78, 5) is 20.5. The van der Waals surface area contributed by atoms with Crippen molar-refractivity contribution in [3.8, 4) is 22.5 Å². The van der Waals surface area contributed by atoms with E-state index in [2.05, 4.69) is 25.5 Å². The standard InChI is InChI=1S/C21H16FN5O2/c1-29-20(28)14-3-2-4-16(11-14)25-21-23-10-9-18(26-21)17-12-24-27-19(17)13-5-7-15(22)8-6-13/h2-12H,1H3,(H,24,27)(H,23,25,26). The van der Waals surface area contributed by atoms with E-state index in [4.69, 9.17) is 4.74 Å². The van der Waals surface area contributed by atoms with Gasteiger partial charge in [-0.1, -0.05) is 6.07 Å². The van der Waals surface area contributed by atoms with Crippen LogP contribution in [0.3, 0.4) is 0 Å². The lowest BCUT2D eigenvalue weighted by atomic mass is 10.1. The topological polar surface area (TPSA) is 92.8 Å². The molecule has 0 aliphatic rings. The summed E-state index contributed by atoms with van der Waals surface area (Å²) in [6.07, 6.45) is 3.28. The van der Waals surface area contributed by atoms with Crippen LogP contribution in [0.4, 0.5) is 16.0 Å². The molecule has 7 nitrogen and oxygen atoms in total. The van der Waals surface area contributed by atoms with Crippen molar-refractivity contribution in [3.05, 3.63) is 78.4 Å². The Morgan fingerprint density at radius 1 is 1.14 bits per heavy atom. The summed E-state index contributed by atoms with van der Waals surface area (Å²) in [6, 6.07) is 14.7. The van der Waals surface area contributed by atoms with E-state index in [0.717, 1.165) is 16.8 Å². The van der Waals surface area contributed by atoms with Crippen molar-refractivity contribution < 1.29 is 13.9 Å². The average molecular weight is 389 g/mol. The largest absolute Gasteiger partial charge is 0.465 e. The Kier molecular flexibility index (Phi) is 4.98. The molecule has 0 saturated carbocycles. The summed E-state index contributed by atoms with van der Waals surface area (Å²) in [7, 11) is 1.33. The van der Waals surface area contributed by atoms with Gasteiger partial charge in [0.1, 0.15) is 5.82 Å². The highest BCUT2D eigenvalue weighted by Crippen LogP contribution is 2.29. The molecule has 0 fully saturated rings. The van der Waals surface area contributed by atoms with Gasteiger partial charge < -0.3 is 10.1 Å². The normalized spacial score (nSPS) is 10.6. The highest BCUT2D eigenvalue weighted by atomic mass is 19.1. The first-order valence-electron chi connectivity index (χ1n) is 8.72. The third kappa shape index (κ3) is 3.96. The number of nitrogens with zero attached hydrogens (tertiary/aromatic N) is 3. The van der Waals surface area contributed by atoms with E-state index in [0.29, 0.717) is 22.9 Å². The van der Waals surface area contributed by atoms with Crippen molar-refractivity contribution in [3.63, 3.8) is 0 Å². The number of esters is 1. The molecule has 2 aromatic carbocycles. The molecule has 2 heterocycles. The second kappa shape index (κ2) is 7.89. The Bertz CT molecular complexity index is 1160. The molecule has 0 aliphatic carbocycles. The number of carbonyl (C=O) groups is 1. The van der Waals surface area contributed by atoms with Gasteiger partial charge in [-0.2, -0.15) is 5.10 Å². The number of nitrogens with one attached hydrogen (secondary N) is 2. The second-order valence-electron chi connectivity index (χ2n) is 6.13. The number of hydrogen-bond acceptors (Lipinski definition) is 6. The maximum atomic E-state index is 13.2. The molecule has 2 aromatic heterocycles. The maximum Gasteiger partial charge on any atom is 0.337 e. The molecule has 0 spiro atoms. The summed E-state index contributed by atoms with van der Waals surface area (Å²) in [5, 5.41) is 10.1. The van der Waals surface area contributed by atoms with Gasteiger partial charge >= 0.3 is 5.97 Å². The second-order valence-corrected chi connectivity index (χ2v) is 6.13. The van der Waals surface area contributed by atoms with Crippen LogP contribution in [0.15, 0.2) is 67.0 Å². The molecule has 29 heavy (non-hydrogen) atoms. The van der Waals surface area contributed by atoms with Crippen molar-refractivity contribution in [1.29, 1.82) is 0 Å². The lowest BCUT2D eigenvalue weighted by Gasteiger charge is -2.08. The lowest BCUT2D eigenvalue weighted by Crippen LogP contribution is -2.03. The van der Waals surface area contributed by atoms with Gasteiger partial charge in [-0.15, -0.1) is 0 Å². The minimum Gasteiger partial charge on any atom is -0.465 e. The van der Waals surface area contributed by atoms with Crippen LogP contribution in [0, 0.1) is 5.82 Å². The Balaban J connectivity index is 1.63. The Morgan fingerprint density at radius 3 is 2.76 bits per heavy atom. The van der Waals surface area contributed by atoms with Crippen LogP contribution < -0.4 is 5.32 Å². The third-order valence-corrected chi connectivity index (χ3v) is 4.24. The smallest absolute Gasteiger partial charge is 0.337 e. The van der Waals surface area contributed by atoms with Crippen molar-refractivity contribution >= 4 is 17.6 Å². The van der Waals surface area contributed by atoms with E-state index in [1.54, 1.807) is 54.9 Å². The van der Waals surface area contributed by atoms with Gasteiger partial charge in [0.25, 0.3) is 0 Å². The summed E-state index contributed by atoms with van der Waals surface area (Å²) in [6.45, 7) is 0. The molecule has 0 amide bonds. The molecule has 8 heteroatoms. The summed E-state index contributed by atoms with van der Waals surface area (Å²) < 4.78 is 18.0. The zero-order valence-electron chi connectivity index (χ0n) is 15.4. The predicted octanol–water partition coefficient (Wildman–Crippen LogP) is 4.20. The molecule has 2 N–H and O–H groups in total. The predicted molar refractivity (Wildman–Crippen MR) is 106 cm³/mol. The van der Waals surface area contributed by atoms with Crippen LogP contribution >= 0.6 is 0 Å². The number of H-pyrrole nitrogens is 1. The fraction of sp³-hybridized carbons (Fsp3) is 0.0476. The number of benzene rings is 2. The zero-order chi connectivity index (χ0) is 20.2. The van der Waals surface area contributed by atoms with Gasteiger partial charge in [-0.3, -0.25) is 5.10 Å².